The third-order valence-corrected chi connectivity index (χ3v) is 4.76. The topological polar surface area (TPSA) is 24.5 Å². The molecule has 2 rings (SSSR count). The number of hydrogen-bond donors (Lipinski definition) is 1. The second kappa shape index (κ2) is 6.36. The first-order chi connectivity index (χ1) is 8.61. The van der Waals surface area contributed by atoms with Gasteiger partial charge in [0.25, 0.3) is 0 Å². The van der Waals surface area contributed by atoms with E-state index in [1.165, 1.54) is 45.3 Å². The van der Waals surface area contributed by atoms with Crippen LogP contribution in [0.3, 0.4) is 0 Å². The molecule has 1 N–H and O–H groups in total. The van der Waals surface area contributed by atoms with E-state index in [4.69, 9.17) is 4.74 Å². The van der Waals surface area contributed by atoms with Crippen LogP contribution in [0.4, 0.5) is 0 Å². The zero-order chi connectivity index (χ0) is 13.0. The summed E-state index contributed by atoms with van der Waals surface area (Å²) in [4.78, 5) is 2.47. The molecule has 18 heavy (non-hydrogen) atoms. The second-order valence-electron chi connectivity index (χ2n) is 6.52. The van der Waals surface area contributed by atoms with Crippen molar-refractivity contribution in [3.05, 3.63) is 0 Å². The Kier molecular flexibility index (Phi) is 5.05. The average Bonchev–Trinajstić information content (AvgIpc) is 2.37. The summed E-state index contributed by atoms with van der Waals surface area (Å²) in [6, 6.07) is 0.663. The highest BCUT2D eigenvalue weighted by Gasteiger charge is 2.31. The van der Waals surface area contributed by atoms with Gasteiger partial charge >= 0.3 is 0 Å². The van der Waals surface area contributed by atoms with Crippen LogP contribution in [0.25, 0.3) is 0 Å². The Balaban J connectivity index is 1.72. The number of piperidine rings is 1. The Morgan fingerprint density at radius 1 is 1.39 bits per heavy atom. The number of ether oxygens (including phenoxy) is 1. The second-order valence-corrected chi connectivity index (χ2v) is 6.52. The molecule has 0 aliphatic carbocycles. The lowest BCUT2D eigenvalue weighted by Gasteiger charge is -2.39. The van der Waals surface area contributed by atoms with Crippen LogP contribution in [-0.2, 0) is 4.74 Å². The molecule has 2 saturated heterocycles. The summed E-state index contributed by atoms with van der Waals surface area (Å²) >= 11 is 0. The third kappa shape index (κ3) is 3.94. The van der Waals surface area contributed by atoms with Gasteiger partial charge < -0.3 is 15.0 Å². The Hall–Kier alpha value is -0.120. The number of likely N-dealkylation sites (tertiary alicyclic amines) is 1. The monoisotopic (exact) mass is 254 g/mol. The fourth-order valence-electron chi connectivity index (χ4n) is 3.32. The largest absolute Gasteiger partial charge is 0.375 e. The van der Waals surface area contributed by atoms with Gasteiger partial charge in [-0.15, -0.1) is 0 Å². The molecule has 2 heterocycles. The smallest absolute Gasteiger partial charge is 0.0666 e. The van der Waals surface area contributed by atoms with Crippen molar-refractivity contribution in [1.29, 1.82) is 0 Å². The minimum Gasteiger partial charge on any atom is -0.375 e. The Morgan fingerprint density at radius 3 is 2.94 bits per heavy atom. The van der Waals surface area contributed by atoms with Crippen LogP contribution >= 0.6 is 0 Å². The van der Waals surface area contributed by atoms with E-state index in [0.717, 1.165) is 18.9 Å². The Bertz CT molecular complexity index is 259. The molecule has 0 saturated carbocycles. The van der Waals surface area contributed by atoms with E-state index in [1.54, 1.807) is 0 Å². The minimum absolute atomic E-state index is 0.110. The van der Waals surface area contributed by atoms with Gasteiger partial charge in [-0.05, 0) is 65.1 Å². The van der Waals surface area contributed by atoms with Crippen LogP contribution in [0, 0.1) is 5.92 Å². The molecule has 2 fully saturated rings. The van der Waals surface area contributed by atoms with Gasteiger partial charge in [-0.3, -0.25) is 0 Å². The zero-order valence-corrected chi connectivity index (χ0v) is 12.4. The van der Waals surface area contributed by atoms with Gasteiger partial charge in [-0.2, -0.15) is 0 Å². The van der Waals surface area contributed by atoms with Gasteiger partial charge in [0.2, 0.25) is 0 Å². The molecule has 0 radical (unpaired) electrons. The Labute approximate surface area is 112 Å². The average molecular weight is 254 g/mol. The first kappa shape index (κ1) is 14.3. The van der Waals surface area contributed by atoms with Gasteiger partial charge in [0.1, 0.15) is 0 Å². The molecule has 2 aliphatic rings. The van der Waals surface area contributed by atoms with E-state index in [9.17, 15) is 0 Å². The van der Waals surface area contributed by atoms with Gasteiger partial charge in [0, 0.05) is 19.2 Å². The summed E-state index contributed by atoms with van der Waals surface area (Å²) in [5.41, 5.74) is 0.110. The molecule has 0 aromatic carbocycles. The maximum Gasteiger partial charge on any atom is 0.0666 e. The first-order valence-corrected chi connectivity index (χ1v) is 7.67. The molecule has 0 spiro atoms. The molecule has 0 amide bonds. The van der Waals surface area contributed by atoms with E-state index in [1.807, 2.05) is 0 Å². The Morgan fingerprint density at radius 2 is 2.22 bits per heavy atom. The summed E-state index contributed by atoms with van der Waals surface area (Å²) in [5, 5.41) is 3.79. The SMILES string of the molecule is CCC1(C)CC(NCC2CCCN(C)C2)CCO1. The van der Waals surface area contributed by atoms with Gasteiger partial charge in [-0.25, -0.2) is 0 Å². The molecule has 106 valence electrons. The van der Waals surface area contributed by atoms with E-state index in [-0.39, 0.29) is 5.60 Å². The molecular formula is C15H30N2O. The van der Waals surface area contributed by atoms with Crippen molar-refractivity contribution in [2.75, 3.05) is 33.3 Å². The lowest BCUT2D eigenvalue weighted by molar-refractivity contribution is -0.0783. The highest BCUT2D eigenvalue weighted by Crippen LogP contribution is 2.28. The predicted molar refractivity (Wildman–Crippen MR) is 75.9 cm³/mol. The predicted octanol–water partition coefficient (Wildman–Crippen LogP) is 2.27. The van der Waals surface area contributed by atoms with Gasteiger partial charge in [0.05, 0.1) is 5.60 Å². The molecular weight excluding hydrogens is 224 g/mol. The standard InChI is InChI=1S/C15H30N2O/c1-4-15(2)10-14(7-9-18-15)16-11-13-6-5-8-17(3)12-13/h13-14,16H,4-12H2,1-3H3. The lowest BCUT2D eigenvalue weighted by atomic mass is 9.89. The van der Waals surface area contributed by atoms with Crippen LogP contribution in [0.1, 0.15) is 46.0 Å². The highest BCUT2D eigenvalue weighted by atomic mass is 16.5. The van der Waals surface area contributed by atoms with Crippen molar-refractivity contribution in [3.8, 4) is 0 Å². The number of rotatable bonds is 4. The van der Waals surface area contributed by atoms with Gasteiger partial charge in [0.15, 0.2) is 0 Å². The van der Waals surface area contributed by atoms with Crippen molar-refractivity contribution in [1.82, 2.24) is 10.2 Å². The lowest BCUT2D eigenvalue weighted by Crippen LogP contribution is -2.47. The quantitative estimate of drug-likeness (QED) is 0.833. The maximum atomic E-state index is 5.91. The molecule has 3 atom stereocenters. The van der Waals surface area contributed by atoms with E-state index in [2.05, 4.69) is 31.1 Å². The van der Waals surface area contributed by atoms with Crippen molar-refractivity contribution in [3.63, 3.8) is 0 Å². The van der Waals surface area contributed by atoms with Crippen molar-refractivity contribution in [2.45, 2.75) is 57.6 Å². The number of hydrogen-bond acceptors (Lipinski definition) is 3. The normalized spacial score (nSPS) is 38.8. The van der Waals surface area contributed by atoms with Crippen LogP contribution in [-0.4, -0.2) is 49.8 Å². The molecule has 0 aromatic rings. The molecule has 0 aromatic heterocycles. The van der Waals surface area contributed by atoms with Crippen molar-refractivity contribution < 1.29 is 4.74 Å². The third-order valence-electron chi connectivity index (χ3n) is 4.76. The highest BCUT2D eigenvalue weighted by molar-refractivity contribution is 4.86. The van der Waals surface area contributed by atoms with Crippen molar-refractivity contribution in [2.24, 2.45) is 5.92 Å². The minimum atomic E-state index is 0.110. The van der Waals surface area contributed by atoms with Crippen LogP contribution in [0.15, 0.2) is 0 Å². The summed E-state index contributed by atoms with van der Waals surface area (Å²) in [6.07, 6.45) is 6.23. The molecule has 3 heteroatoms. The van der Waals surface area contributed by atoms with Crippen molar-refractivity contribution >= 4 is 0 Å². The van der Waals surface area contributed by atoms with Crippen LogP contribution in [0.2, 0.25) is 0 Å². The van der Waals surface area contributed by atoms with Crippen LogP contribution < -0.4 is 5.32 Å². The van der Waals surface area contributed by atoms with Crippen LogP contribution in [0.5, 0.6) is 0 Å². The van der Waals surface area contributed by atoms with Gasteiger partial charge in [-0.1, -0.05) is 6.92 Å². The number of nitrogens with one attached hydrogen (secondary N) is 1. The molecule has 3 nitrogen and oxygen atoms in total. The summed E-state index contributed by atoms with van der Waals surface area (Å²) in [6.45, 7) is 9.15. The number of nitrogens with zero attached hydrogens (tertiary/aromatic N) is 1. The van der Waals surface area contributed by atoms with E-state index in [0.29, 0.717) is 6.04 Å². The zero-order valence-electron chi connectivity index (χ0n) is 12.4. The summed E-state index contributed by atoms with van der Waals surface area (Å²) < 4.78 is 5.91. The molecule has 0 bridgehead atoms. The summed E-state index contributed by atoms with van der Waals surface area (Å²) in [5.74, 6) is 0.847. The maximum absolute atomic E-state index is 5.91. The van der Waals surface area contributed by atoms with E-state index >= 15 is 0 Å². The molecule has 3 unspecified atom stereocenters. The van der Waals surface area contributed by atoms with E-state index < -0.39 is 0 Å². The fraction of sp³-hybridized carbons (Fsp3) is 1.00. The first-order valence-electron chi connectivity index (χ1n) is 7.67. The fourth-order valence-corrected chi connectivity index (χ4v) is 3.32. The molecule has 2 aliphatic heterocycles. The summed E-state index contributed by atoms with van der Waals surface area (Å²) in [7, 11) is 2.24.